The maximum atomic E-state index is 12.1. The van der Waals surface area contributed by atoms with Gasteiger partial charge in [-0.2, -0.15) is 0 Å². The van der Waals surface area contributed by atoms with Crippen LogP contribution in [0.25, 0.3) is 0 Å². The summed E-state index contributed by atoms with van der Waals surface area (Å²) < 4.78 is 9.43. The maximum Gasteiger partial charge on any atom is 0.407 e. The highest BCUT2D eigenvalue weighted by atomic mass is 16.5. The van der Waals surface area contributed by atoms with E-state index in [-0.39, 0.29) is 6.61 Å². The predicted octanol–water partition coefficient (Wildman–Crippen LogP) is 0.215. The number of carbonyl (C=O) groups excluding carboxylic acids is 4. The van der Waals surface area contributed by atoms with Gasteiger partial charge in [-0.25, -0.2) is 9.59 Å². The highest BCUT2D eigenvalue weighted by Crippen LogP contribution is 2.00. The number of nitrogens with two attached hydrogens (primary N) is 1. The van der Waals surface area contributed by atoms with Crippen LogP contribution in [0.4, 0.5) is 4.79 Å². The second kappa shape index (κ2) is 12.1. The highest BCUT2D eigenvalue weighted by Gasteiger charge is 2.26. The van der Waals surface area contributed by atoms with E-state index in [9.17, 15) is 19.2 Å². The molecule has 0 spiro atoms. The van der Waals surface area contributed by atoms with Gasteiger partial charge in [0.2, 0.25) is 11.8 Å². The SMILES string of the molecule is CCCCCCOC(=O)N[C@H](CC(N)=O)C(=O)N[C@@H](C)C(=O)OC. The highest BCUT2D eigenvalue weighted by molar-refractivity contribution is 5.92. The number of carbonyl (C=O) groups is 4. The summed E-state index contributed by atoms with van der Waals surface area (Å²) in [6.07, 6.45) is 2.52. The molecule has 0 aromatic carbocycles. The van der Waals surface area contributed by atoms with Crippen molar-refractivity contribution in [3.8, 4) is 0 Å². The molecule has 0 rings (SSSR count). The third kappa shape index (κ3) is 9.65. The minimum absolute atomic E-state index is 0.218. The average molecular weight is 345 g/mol. The lowest BCUT2D eigenvalue weighted by Crippen LogP contribution is -2.52. The van der Waals surface area contributed by atoms with E-state index in [1.807, 2.05) is 0 Å². The van der Waals surface area contributed by atoms with Crippen molar-refractivity contribution in [3.05, 3.63) is 0 Å². The van der Waals surface area contributed by atoms with Crippen LogP contribution >= 0.6 is 0 Å². The lowest BCUT2D eigenvalue weighted by Gasteiger charge is -2.19. The molecule has 0 unspecified atom stereocenters. The molecule has 0 saturated heterocycles. The van der Waals surface area contributed by atoms with Gasteiger partial charge in [0.05, 0.1) is 20.1 Å². The van der Waals surface area contributed by atoms with Crippen LogP contribution in [0.5, 0.6) is 0 Å². The molecular formula is C15H27N3O6. The van der Waals surface area contributed by atoms with Gasteiger partial charge in [0.1, 0.15) is 12.1 Å². The van der Waals surface area contributed by atoms with Crippen molar-refractivity contribution in [2.75, 3.05) is 13.7 Å². The second-order valence-electron chi connectivity index (χ2n) is 5.32. The summed E-state index contributed by atoms with van der Waals surface area (Å²) >= 11 is 0. The molecular weight excluding hydrogens is 318 g/mol. The Labute approximate surface area is 141 Å². The van der Waals surface area contributed by atoms with E-state index >= 15 is 0 Å². The van der Waals surface area contributed by atoms with Gasteiger partial charge in [-0.05, 0) is 13.3 Å². The molecule has 0 aromatic heterocycles. The second-order valence-corrected chi connectivity index (χ2v) is 5.32. The summed E-state index contributed by atoms with van der Waals surface area (Å²) in [5, 5.41) is 4.61. The Bertz CT molecular complexity index is 441. The Morgan fingerprint density at radius 2 is 1.75 bits per heavy atom. The number of nitrogens with one attached hydrogen (secondary N) is 2. The molecule has 0 aliphatic rings. The van der Waals surface area contributed by atoms with Crippen molar-refractivity contribution in [3.63, 3.8) is 0 Å². The molecule has 9 heteroatoms. The molecule has 9 nitrogen and oxygen atoms in total. The van der Waals surface area contributed by atoms with Gasteiger partial charge in [0.15, 0.2) is 0 Å². The van der Waals surface area contributed by atoms with Crippen molar-refractivity contribution in [2.45, 2.75) is 58.0 Å². The fourth-order valence-electron chi connectivity index (χ4n) is 1.84. The Morgan fingerprint density at radius 3 is 2.29 bits per heavy atom. The van der Waals surface area contributed by atoms with Crippen molar-refractivity contribution in [1.29, 1.82) is 0 Å². The minimum atomic E-state index is -1.22. The number of amides is 3. The van der Waals surface area contributed by atoms with Gasteiger partial charge >= 0.3 is 12.1 Å². The van der Waals surface area contributed by atoms with Gasteiger partial charge in [-0.3, -0.25) is 9.59 Å². The average Bonchev–Trinajstić information content (AvgIpc) is 2.52. The molecule has 4 N–H and O–H groups in total. The molecule has 0 radical (unpaired) electrons. The molecule has 0 aliphatic heterocycles. The normalized spacial score (nSPS) is 12.6. The third-order valence-corrected chi connectivity index (χ3v) is 3.16. The molecule has 24 heavy (non-hydrogen) atoms. The summed E-state index contributed by atoms with van der Waals surface area (Å²) in [6.45, 7) is 3.70. The van der Waals surface area contributed by atoms with E-state index in [1.54, 1.807) is 0 Å². The quantitative estimate of drug-likeness (QED) is 0.362. The lowest BCUT2D eigenvalue weighted by atomic mass is 10.1. The fourth-order valence-corrected chi connectivity index (χ4v) is 1.84. The van der Waals surface area contributed by atoms with Crippen molar-refractivity contribution >= 4 is 23.9 Å². The molecule has 0 aromatic rings. The van der Waals surface area contributed by atoms with Gasteiger partial charge < -0.3 is 25.8 Å². The zero-order valence-electron chi connectivity index (χ0n) is 14.4. The van der Waals surface area contributed by atoms with E-state index in [4.69, 9.17) is 10.5 Å². The monoisotopic (exact) mass is 345 g/mol. The number of unbranched alkanes of at least 4 members (excludes halogenated alkanes) is 3. The van der Waals surface area contributed by atoms with Crippen molar-refractivity contribution in [2.24, 2.45) is 5.73 Å². The number of alkyl carbamates (subject to hydrolysis) is 1. The molecule has 0 aliphatic carbocycles. The van der Waals surface area contributed by atoms with Gasteiger partial charge in [-0.15, -0.1) is 0 Å². The number of esters is 1. The van der Waals surface area contributed by atoms with Crippen LogP contribution in [0.1, 0.15) is 46.0 Å². The summed E-state index contributed by atoms with van der Waals surface area (Å²) in [7, 11) is 1.18. The van der Waals surface area contributed by atoms with Crippen LogP contribution in [0.2, 0.25) is 0 Å². The van der Waals surface area contributed by atoms with E-state index in [0.717, 1.165) is 19.3 Å². The molecule has 0 saturated carbocycles. The molecule has 0 fully saturated rings. The molecule has 2 atom stereocenters. The van der Waals surface area contributed by atoms with Crippen LogP contribution in [0, 0.1) is 0 Å². The fraction of sp³-hybridized carbons (Fsp3) is 0.733. The summed E-state index contributed by atoms with van der Waals surface area (Å²) in [4.78, 5) is 46.1. The van der Waals surface area contributed by atoms with Gasteiger partial charge in [0, 0.05) is 0 Å². The zero-order valence-corrected chi connectivity index (χ0v) is 14.4. The van der Waals surface area contributed by atoms with Crippen LogP contribution in [0.15, 0.2) is 0 Å². The van der Waals surface area contributed by atoms with E-state index in [0.29, 0.717) is 6.42 Å². The first-order chi connectivity index (χ1) is 11.3. The van der Waals surface area contributed by atoms with Gasteiger partial charge in [0.25, 0.3) is 0 Å². The topological polar surface area (TPSA) is 137 Å². The number of methoxy groups -OCH3 is 1. The van der Waals surface area contributed by atoms with E-state index in [1.165, 1.54) is 14.0 Å². The Hall–Kier alpha value is -2.32. The summed E-state index contributed by atoms with van der Waals surface area (Å²) in [5.41, 5.74) is 5.08. The van der Waals surface area contributed by atoms with E-state index in [2.05, 4.69) is 22.3 Å². The largest absolute Gasteiger partial charge is 0.467 e. The van der Waals surface area contributed by atoms with Crippen molar-refractivity contribution < 1.29 is 28.7 Å². The number of rotatable bonds is 11. The number of hydrogen-bond donors (Lipinski definition) is 3. The Kier molecular flexibility index (Phi) is 11.0. The smallest absolute Gasteiger partial charge is 0.407 e. The third-order valence-electron chi connectivity index (χ3n) is 3.16. The number of primary amides is 1. The van der Waals surface area contributed by atoms with Crippen LogP contribution in [-0.4, -0.2) is 49.7 Å². The Morgan fingerprint density at radius 1 is 1.08 bits per heavy atom. The lowest BCUT2D eigenvalue weighted by molar-refractivity contribution is -0.144. The number of hydrogen-bond acceptors (Lipinski definition) is 6. The van der Waals surface area contributed by atoms with Crippen LogP contribution in [-0.2, 0) is 23.9 Å². The first kappa shape index (κ1) is 21.7. The summed E-state index contributed by atoms with van der Waals surface area (Å²) in [6, 6.07) is -2.15. The predicted molar refractivity (Wildman–Crippen MR) is 85.8 cm³/mol. The first-order valence-electron chi connectivity index (χ1n) is 7.91. The van der Waals surface area contributed by atoms with Crippen LogP contribution < -0.4 is 16.4 Å². The van der Waals surface area contributed by atoms with Crippen molar-refractivity contribution in [1.82, 2.24) is 10.6 Å². The number of ether oxygens (including phenoxy) is 2. The summed E-state index contributed by atoms with van der Waals surface area (Å²) in [5.74, 6) is -2.15. The van der Waals surface area contributed by atoms with E-state index < -0.39 is 42.4 Å². The zero-order chi connectivity index (χ0) is 18.5. The van der Waals surface area contributed by atoms with Crippen LogP contribution in [0.3, 0.4) is 0 Å². The molecule has 138 valence electrons. The minimum Gasteiger partial charge on any atom is -0.467 e. The van der Waals surface area contributed by atoms with Gasteiger partial charge in [-0.1, -0.05) is 26.2 Å². The molecule has 0 bridgehead atoms. The molecule has 0 heterocycles. The molecule has 3 amide bonds. The Balaban J connectivity index is 4.48. The first-order valence-corrected chi connectivity index (χ1v) is 7.91. The maximum absolute atomic E-state index is 12.1. The standard InChI is InChI=1S/C15H27N3O6/c1-4-5-6-7-8-24-15(22)18-11(9-12(16)19)13(20)17-10(2)14(21)23-3/h10-11H,4-9H2,1-3H3,(H2,16,19)(H,17,20)(H,18,22)/t10-,11+/m0/s1.